The van der Waals surface area contributed by atoms with Gasteiger partial charge in [0.1, 0.15) is 11.5 Å². The normalized spacial score (nSPS) is 15.8. The van der Waals surface area contributed by atoms with Crippen LogP contribution in [-0.2, 0) is 9.59 Å². The lowest BCUT2D eigenvalue weighted by Crippen LogP contribution is -2.51. The predicted molar refractivity (Wildman–Crippen MR) is 114 cm³/mol. The van der Waals surface area contributed by atoms with Gasteiger partial charge in [-0.3, -0.25) is 14.4 Å². The molecular formula is C23H23F2N3O5. The number of ether oxygens (including phenoxy) is 2. The lowest BCUT2D eigenvalue weighted by molar-refractivity contribution is -0.132. The highest BCUT2D eigenvalue weighted by molar-refractivity contribution is 5.98. The predicted octanol–water partition coefficient (Wildman–Crippen LogP) is 2.39. The maximum Gasteiger partial charge on any atom is 0.387 e. The number of carbonyl (C=O) groups excluding carboxylic acids is 3. The number of halogens is 2. The van der Waals surface area contributed by atoms with Crippen LogP contribution >= 0.6 is 0 Å². The van der Waals surface area contributed by atoms with Crippen LogP contribution in [0.3, 0.4) is 0 Å². The van der Waals surface area contributed by atoms with E-state index in [0.29, 0.717) is 24.5 Å². The average Bonchev–Trinajstić information content (AvgIpc) is 2.83. The minimum atomic E-state index is -3.03. The van der Waals surface area contributed by atoms with Gasteiger partial charge in [-0.1, -0.05) is 24.3 Å². The van der Waals surface area contributed by atoms with E-state index >= 15 is 0 Å². The molecule has 0 aromatic heterocycles. The Balaban J connectivity index is 1.32. The van der Waals surface area contributed by atoms with Gasteiger partial charge < -0.3 is 24.2 Å². The summed E-state index contributed by atoms with van der Waals surface area (Å²) >= 11 is 0. The van der Waals surface area contributed by atoms with Crippen molar-refractivity contribution in [3.8, 4) is 11.5 Å². The van der Waals surface area contributed by atoms with Crippen LogP contribution in [0.4, 0.5) is 14.5 Å². The Morgan fingerprint density at radius 1 is 0.970 bits per heavy atom. The summed E-state index contributed by atoms with van der Waals surface area (Å²) in [6, 6.07) is 13.0. The van der Waals surface area contributed by atoms with Gasteiger partial charge in [-0.05, 0) is 24.3 Å². The van der Waals surface area contributed by atoms with E-state index in [9.17, 15) is 23.2 Å². The van der Waals surface area contributed by atoms with Crippen LogP contribution in [0, 0.1) is 0 Å². The number of piperazine rings is 1. The Morgan fingerprint density at radius 3 is 2.39 bits per heavy atom. The third-order valence-electron chi connectivity index (χ3n) is 5.61. The van der Waals surface area contributed by atoms with Crippen molar-refractivity contribution in [3.63, 3.8) is 0 Å². The van der Waals surface area contributed by atoms with Gasteiger partial charge >= 0.3 is 6.61 Å². The molecule has 3 amide bonds. The lowest BCUT2D eigenvalue weighted by atomic mass is 10.1. The van der Waals surface area contributed by atoms with E-state index in [4.69, 9.17) is 4.74 Å². The lowest BCUT2D eigenvalue weighted by Gasteiger charge is -2.35. The second-order valence-electron chi connectivity index (χ2n) is 7.60. The summed E-state index contributed by atoms with van der Waals surface area (Å²) in [7, 11) is 0. The van der Waals surface area contributed by atoms with Crippen molar-refractivity contribution >= 4 is 23.4 Å². The molecule has 8 nitrogen and oxygen atoms in total. The molecule has 0 unspecified atom stereocenters. The van der Waals surface area contributed by atoms with Crippen LogP contribution in [0.25, 0.3) is 0 Å². The van der Waals surface area contributed by atoms with Crippen LogP contribution in [-0.4, -0.2) is 73.5 Å². The Morgan fingerprint density at radius 2 is 1.64 bits per heavy atom. The Hall–Kier alpha value is -3.69. The van der Waals surface area contributed by atoms with Crippen LogP contribution in [0.5, 0.6) is 11.5 Å². The molecule has 0 spiro atoms. The Bertz CT molecular complexity index is 1040. The summed E-state index contributed by atoms with van der Waals surface area (Å²) in [6.45, 7) is -1.69. The van der Waals surface area contributed by atoms with Crippen molar-refractivity contribution in [2.45, 2.75) is 13.0 Å². The van der Waals surface area contributed by atoms with Gasteiger partial charge in [-0.2, -0.15) is 8.78 Å². The number of rotatable bonds is 6. The summed E-state index contributed by atoms with van der Waals surface area (Å²) in [5.41, 5.74) is 0.698. The van der Waals surface area contributed by atoms with Gasteiger partial charge in [-0.15, -0.1) is 0 Å². The summed E-state index contributed by atoms with van der Waals surface area (Å²) in [4.78, 5) is 42.5. The average molecular weight is 459 g/mol. The third kappa shape index (κ3) is 5.05. The first-order valence-corrected chi connectivity index (χ1v) is 10.6. The zero-order chi connectivity index (χ0) is 23.4. The van der Waals surface area contributed by atoms with Crippen LogP contribution in [0.1, 0.15) is 16.8 Å². The van der Waals surface area contributed by atoms with E-state index in [1.165, 1.54) is 23.1 Å². The molecule has 33 heavy (non-hydrogen) atoms. The molecule has 2 aromatic rings. The van der Waals surface area contributed by atoms with Gasteiger partial charge in [0.15, 0.2) is 6.61 Å². The molecule has 0 saturated carbocycles. The molecule has 0 N–H and O–H groups in total. The number of alkyl halides is 2. The molecule has 0 radical (unpaired) electrons. The smallest absolute Gasteiger partial charge is 0.387 e. The van der Waals surface area contributed by atoms with Gasteiger partial charge in [-0.25, -0.2) is 0 Å². The van der Waals surface area contributed by atoms with E-state index < -0.39 is 12.5 Å². The van der Waals surface area contributed by atoms with Crippen LogP contribution in [0.2, 0.25) is 0 Å². The fraction of sp³-hybridized carbons (Fsp3) is 0.348. The minimum Gasteiger partial charge on any atom is -0.482 e. The highest BCUT2D eigenvalue weighted by Crippen LogP contribution is 2.31. The quantitative estimate of drug-likeness (QED) is 0.663. The van der Waals surface area contributed by atoms with Crippen molar-refractivity contribution < 1.29 is 32.6 Å². The second kappa shape index (κ2) is 9.85. The molecule has 10 heteroatoms. The van der Waals surface area contributed by atoms with Gasteiger partial charge in [0.2, 0.25) is 5.91 Å². The third-order valence-corrected chi connectivity index (χ3v) is 5.61. The number of amides is 3. The maximum atomic E-state index is 12.8. The summed E-state index contributed by atoms with van der Waals surface area (Å²) < 4.78 is 35.1. The largest absolute Gasteiger partial charge is 0.482 e. The van der Waals surface area contributed by atoms with E-state index in [1.54, 1.807) is 34.1 Å². The molecule has 0 bridgehead atoms. The molecule has 1 saturated heterocycles. The molecule has 2 aliphatic rings. The number of carbonyl (C=O) groups is 3. The molecule has 1 fully saturated rings. The van der Waals surface area contributed by atoms with Crippen molar-refractivity contribution in [2.24, 2.45) is 0 Å². The fourth-order valence-corrected chi connectivity index (χ4v) is 3.94. The first-order chi connectivity index (χ1) is 15.9. The van der Waals surface area contributed by atoms with Crippen LogP contribution in [0.15, 0.2) is 48.5 Å². The number of nitrogens with zero attached hydrogens (tertiary/aromatic N) is 3. The zero-order valence-electron chi connectivity index (χ0n) is 17.8. The number of benzene rings is 2. The van der Waals surface area contributed by atoms with E-state index in [0.717, 1.165) is 0 Å². The molecular weight excluding hydrogens is 436 g/mol. The number of hydrogen-bond donors (Lipinski definition) is 0. The first kappa shape index (κ1) is 22.5. The first-order valence-electron chi connectivity index (χ1n) is 10.6. The van der Waals surface area contributed by atoms with Gasteiger partial charge in [0.05, 0.1) is 11.3 Å². The summed E-state index contributed by atoms with van der Waals surface area (Å²) in [6.07, 6.45) is 0.138. The topological polar surface area (TPSA) is 79.4 Å². The van der Waals surface area contributed by atoms with Crippen molar-refractivity contribution in [1.29, 1.82) is 0 Å². The van der Waals surface area contributed by atoms with Crippen molar-refractivity contribution in [2.75, 3.05) is 44.2 Å². The second-order valence-corrected chi connectivity index (χ2v) is 7.60. The molecule has 2 aliphatic heterocycles. The Kier molecular flexibility index (Phi) is 6.71. The monoisotopic (exact) mass is 459 g/mol. The highest BCUT2D eigenvalue weighted by Gasteiger charge is 2.29. The van der Waals surface area contributed by atoms with Crippen molar-refractivity contribution in [1.82, 2.24) is 9.80 Å². The van der Waals surface area contributed by atoms with Gasteiger partial charge in [0, 0.05) is 39.1 Å². The molecule has 0 aliphatic carbocycles. The summed E-state index contributed by atoms with van der Waals surface area (Å²) in [5.74, 6) is -0.324. The highest BCUT2D eigenvalue weighted by atomic mass is 19.3. The maximum absolute atomic E-state index is 12.8. The van der Waals surface area contributed by atoms with Crippen LogP contribution < -0.4 is 14.4 Å². The molecule has 174 valence electrons. The Labute approximate surface area is 189 Å². The molecule has 0 atom stereocenters. The number of hydrogen-bond acceptors (Lipinski definition) is 5. The number of anilines is 1. The molecule has 2 heterocycles. The van der Waals surface area contributed by atoms with E-state index in [2.05, 4.69) is 4.74 Å². The minimum absolute atomic E-state index is 0.0575. The number of fused-ring (bicyclic) bond motifs is 1. The zero-order valence-corrected chi connectivity index (χ0v) is 17.8. The number of para-hydroxylation sites is 3. The molecule has 4 rings (SSSR count). The van der Waals surface area contributed by atoms with E-state index in [1.807, 2.05) is 6.07 Å². The molecule has 2 aromatic carbocycles. The summed E-state index contributed by atoms with van der Waals surface area (Å²) in [5, 5.41) is 0. The SMILES string of the molecule is O=C(CCN1C(=O)COc2ccccc21)N1CCN(C(=O)c2ccccc2OC(F)F)CC1. The van der Waals surface area contributed by atoms with E-state index in [-0.39, 0.29) is 55.8 Å². The fourth-order valence-electron chi connectivity index (χ4n) is 3.94. The van der Waals surface area contributed by atoms with Gasteiger partial charge in [0.25, 0.3) is 11.8 Å². The van der Waals surface area contributed by atoms with Crippen molar-refractivity contribution in [3.05, 3.63) is 54.1 Å². The standard InChI is InChI=1S/C23H23F2N3O5/c24-23(25)33-18-7-3-1-5-16(18)22(31)27-13-11-26(12-14-27)20(29)9-10-28-17-6-2-4-8-19(17)32-15-21(28)30/h1-8,23H,9-15H2.